The Morgan fingerprint density at radius 2 is 2.08 bits per heavy atom. The summed E-state index contributed by atoms with van der Waals surface area (Å²) in [6, 6.07) is 9.63. The van der Waals surface area contributed by atoms with Crippen molar-refractivity contribution in [3.05, 3.63) is 75.1 Å². The van der Waals surface area contributed by atoms with Crippen LogP contribution in [0.25, 0.3) is 0 Å². The van der Waals surface area contributed by atoms with Gasteiger partial charge in [-0.05, 0) is 47.7 Å². The number of rotatable bonds is 7. The van der Waals surface area contributed by atoms with Crippen LogP contribution in [0.15, 0.2) is 40.9 Å². The molecule has 2 aliphatic rings. The molecular formula is C25H22ClN5O6. The van der Waals surface area contributed by atoms with E-state index in [1.807, 2.05) is 13.0 Å². The number of anilines is 1. The molecule has 190 valence electrons. The lowest BCUT2D eigenvalue weighted by Crippen LogP contribution is -2.52. The zero-order valence-corrected chi connectivity index (χ0v) is 20.4. The summed E-state index contributed by atoms with van der Waals surface area (Å²) in [6.07, 6.45) is 0.488. The molecule has 11 nitrogen and oxygen atoms in total. The van der Waals surface area contributed by atoms with Gasteiger partial charge >= 0.3 is 12.0 Å². The molecule has 5 rings (SSSR count). The average molecular weight is 524 g/mol. The molecular weight excluding hydrogens is 502 g/mol. The quantitative estimate of drug-likeness (QED) is 0.396. The second-order valence-corrected chi connectivity index (χ2v) is 9.39. The first-order valence-corrected chi connectivity index (χ1v) is 11.9. The number of carboxylic acids is 1. The summed E-state index contributed by atoms with van der Waals surface area (Å²) in [5.41, 5.74) is 3.34. The molecule has 12 heteroatoms. The van der Waals surface area contributed by atoms with Crippen molar-refractivity contribution >= 4 is 41.3 Å². The average Bonchev–Trinajstić information content (AvgIpc) is 3.44. The highest BCUT2D eigenvalue weighted by molar-refractivity contribution is 6.31. The summed E-state index contributed by atoms with van der Waals surface area (Å²) in [4.78, 5) is 54.1. The van der Waals surface area contributed by atoms with Gasteiger partial charge in [-0.25, -0.2) is 0 Å². The van der Waals surface area contributed by atoms with Crippen molar-refractivity contribution < 1.29 is 28.8 Å². The van der Waals surface area contributed by atoms with Gasteiger partial charge in [0.15, 0.2) is 5.82 Å². The van der Waals surface area contributed by atoms with E-state index < -0.39 is 23.8 Å². The number of aryl methyl sites for hydroxylation is 1. The molecule has 37 heavy (non-hydrogen) atoms. The summed E-state index contributed by atoms with van der Waals surface area (Å²) >= 11 is 6.16. The predicted octanol–water partition coefficient (Wildman–Crippen LogP) is 2.62. The second-order valence-electron chi connectivity index (χ2n) is 8.98. The fourth-order valence-corrected chi connectivity index (χ4v) is 4.72. The van der Waals surface area contributed by atoms with Crippen LogP contribution in [0.5, 0.6) is 0 Å². The molecule has 2 atom stereocenters. The van der Waals surface area contributed by atoms with Crippen molar-refractivity contribution in [3.63, 3.8) is 0 Å². The van der Waals surface area contributed by atoms with Gasteiger partial charge in [0.05, 0.1) is 0 Å². The number of carboxylic acid groups (broad SMARTS) is 1. The van der Waals surface area contributed by atoms with Crippen LogP contribution < -0.4 is 10.6 Å². The van der Waals surface area contributed by atoms with Gasteiger partial charge in [0.25, 0.3) is 5.91 Å². The number of hydrogen-bond acceptors (Lipinski definition) is 8. The molecule has 0 bridgehead atoms. The van der Waals surface area contributed by atoms with E-state index in [2.05, 4.69) is 20.8 Å². The largest absolute Gasteiger partial charge is 0.480 e. The van der Waals surface area contributed by atoms with E-state index in [0.29, 0.717) is 22.6 Å². The Labute approximate surface area is 215 Å². The number of benzene rings is 2. The Morgan fingerprint density at radius 1 is 1.27 bits per heavy atom. The zero-order chi connectivity index (χ0) is 26.3. The van der Waals surface area contributed by atoms with Crippen LogP contribution >= 0.6 is 11.6 Å². The first-order valence-electron chi connectivity index (χ1n) is 11.5. The molecule has 3 amide bonds. The van der Waals surface area contributed by atoms with Crippen LogP contribution in [-0.2, 0) is 27.5 Å². The Hall–Kier alpha value is -4.25. The van der Waals surface area contributed by atoms with E-state index in [1.54, 1.807) is 30.3 Å². The van der Waals surface area contributed by atoms with Gasteiger partial charge in [-0.15, -0.1) is 0 Å². The summed E-state index contributed by atoms with van der Waals surface area (Å²) in [6.45, 7) is 2.35. The zero-order valence-electron chi connectivity index (χ0n) is 19.7. The van der Waals surface area contributed by atoms with Gasteiger partial charge in [0, 0.05) is 30.1 Å². The van der Waals surface area contributed by atoms with Gasteiger partial charge in [-0.1, -0.05) is 41.0 Å². The second kappa shape index (κ2) is 9.66. The highest BCUT2D eigenvalue weighted by Crippen LogP contribution is 2.30. The van der Waals surface area contributed by atoms with E-state index in [-0.39, 0.29) is 43.2 Å². The fourth-order valence-electron chi connectivity index (χ4n) is 4.53. The van der Waals surface area contributed by atoms with Gasteiger partial charge in [-0.3, -0.25) is 24.5 Å². The molecule has 0 saturated carbocycles. The lowest BCUT2D eigenvalue weighted by Gasteiger charge is -2.29. The van der Waals surface area contributed by atoms with Crippen molar-refractivity contribution in [1.29, 1.82) is 0 Å². The van der Waals surface area contributed by atoms with Gasteiger partial charge in [0.2, 0.25) is 11.8 Å². The number of carbonyl (C=O) groups excluding carboxylic acids is 3. The van der Waals surface area contributed by atoms with E-state index in [1.165, 1.54) is 4.90 Å². The van der Waals surface area contributed by atoms with E-state index in [4.69, 9.17) is 16.1 Å². The molecule has 3 aromatic rings. The Bertz CT molecular complexity index is 1440. The number of aliphatic carboxylic acids is 1. The van der Waals surface area contributed by atoms with Gasteiger partial charge in [0.1, 0.15) is 12.0 Å². The molecule has 1 aromatic heterocycles. The number of hydrogen-bond donors (Lipinski definition) is 3. The maximum Gasteiger partial charge on any atom is 0.321 e. The monoisotopic (exact) mass is 523 g/mol. The number of nitrogens with one attached hydrogen (secondary N) is 2. The van der Waals surface area contributed by atoms with Crippen LogP contribution in [-0.4, -0.2) is 49.9 Å². The Balaban J connectivity index is 1.27. The van der Waals surface area contributed by atoms with E-state index in [9.17, 15) is 24.3 Å². The highest BCUT2D eigenvalue weighted by atomic mass is 35.5. The molecule has 1 saturated heterocycles. The van der Waals surface area contributed by atoms with Crippen molar-refractivity contribution in [3.8, 4) is 0 Å². The molecule has 3 N–H and O–H groups in total. The predicted molar refractivity (Wildman–Crippen MR) is 130 cm³/mol. The van der Waals surface area contributed by atoms with Gasteiger partial charge in [-0.2, -0.15) is 4.98 Å². The molecule has 2 unspecified atom stereocenters. The maximum atomic E-state index is 12.8. The van der Waals surface area contributed by atoms with Crippen molar-refractivity contribution in [2.45, 2.75) is 44.8 Å². The lowest BCUT2D eigenvalue weighted by molar-refractivity contribution is -0.138. The summed E-state index contributed by atoms with van der Waals surface area (Å²) in [7, 11) is 0. The van der Waals surface area contributed by atoms with Gasteiger partial charge < -0.3 is 19.8 Å². The third kappa shape index (κ3) is 4.77. The third-order valence-corrected chi connectivity index (χ3v) is 6.91. The fraction of sp³-hybridized carbons (Fsp3) is 0.280. The minimum Gasteiger partial charge on any atom is -0.480 e. The number of fused-ring (bicyclic) bond motifs is 1. The normalized spacial score (nSPS) is 17.9. The number of imide groups is 1. The van der Waals surface area contributed by atoms with E-state index in [0.717, 1.165) is 16.7 Å². The molecule has 3 heterocycles. The smallest absolute Gasteiger partial charge is 0.321 e. The summed E-state index contributed by atoms with van der Waals surface area (Å²) in [5.74, 6) is -3.35. The lowest BCUT2D eigenvalue weighted by atomic mass is 9.97. The van der Waals surface area contributed by atoms with Crippen molar-refractivity contribution in [1.82, 2.24) is 20.4 Å². The molecule has 1 fully saturated rings. The Morgan fingerprint density at radius 3 is 2.81 bits per heavy atom. The SMILES string of the molecule is Cc1ccc(C(C(=O)O)c2noc(NCc3ccc4c(c3)CN(C3CCC(=O)NC3=O)C4=O)n2)cc1Cl. The summed E-state index contributed by atoms with van der Waals surface area (Å²) < 4.78 is 5.22. The Kier molecular flexibility index (Phi) is 6.38. The van der Waals surface area contributed by atoms with Crippen LogP contribution in [0.3, 0.4) is 0 Å². The molecule has 0 spiro atoms. The molecule has 2 aliphatic heterocycles. The van der Waals surface area contributed by atoms with E-state index >= 15 is 0 Å². The number of aromatic nitrogens is 2. The first-order chi connectivity index (χ1) is 17.7. The third-order valence-electron chi connectivity index (χ3n) is 6.51. The number of carbonyl (C=O) groups is 4. The number of piperidine rings is 1. The molecule has 2 aromatic carbocycles. The van der Waals surface area contributed by atoms with Crippen molar-refractivity contribution in [2.24, 2.45) is 0 Å². The summed E-state index contributed by atoms with van der Waals surface area (Å²) in [5, 5.41) is 19.3. The minimum absolute atomic E-state index is 0.0191. The number of amides is 3. The minimum atomic E-state index is -1.15. The van der Waals surface area contributed by atoms with Crippen LogP contribution in [0, 0.1) is 6.92 Å². The number of nitrogens with zero attached hydrogens (tertiary/aromatic N) is 3. The van der Waals surface area contributed by atoms with Crippen LogP contribution in [0.4, 0.5) is 6.01 Å². The standard InChI is InChI=1S/C25H22ClN5O6/c1-12-2-4-14(9-17(12)26)20(24(35)36)21-29-25(37-30-21)27-10-13-3-5-16-15(8-13)11-31(23(16)34)18-6-7-19(32)28-22(18)33/h2-5,8-9,18,20H,6-7,10-11H2,1H3,(H,35,36)(H,27,29,30)(H,28,32,33). The maximum absolute atomic E-state index is 12.8. The van der Waals surface area contributed by atoms with Crippen LogP contribution in [0.1, 0.15) is 57.2 Å². The number of halogens is 1. The first kappa shape index (κ1) is 24.4. The van der Waals surface area contributed by atoms with Crippen molar-refractivity contribution in [2.75, 3.05) is 5.32 Å². The molecule has 0 radical (unpaired) electrons. The topological polar surface area (TPSA) is 155 Å². The molecule has 0 aliphatic carbocycles. The van der Waals surface area contributed by atoms with Crippen LogP contribution in [0.2, 0.25) is 5.02 Å². The highest BCUT2D eigenvalue weighted by Gasteiger charge is 2.39.